The van der Waals surface area contributed by atoms with Crippen molar-refractivity contribution in [2.24, 2.45) is 4.99 Å². The molecule has 2 N–H and O–H groups in total. The second kappa shape index (κ2) is 8.55. The van der Waals surface area contributed by atoms with Crippen LogP contribution >= 0.6 is 0 Å². The number of likely N-dealkylation sites (tertiary alicyclic amines) is 1. The van der Waals surface area contributed by atoms with E-state index in [-0.39, 0.29) is 6.04 Å². The lowest BCUT2D eigenvalue weighted by Crippen LogP contribution is -2.45. The zero-order chi connectivity index (χ0) is 18.4. The molecule has 0 radical (unpaired) electrons. The summed E-state index contributed by atoms with van der Waals surface area (Å²) in [5.74, 6) is 1.43. The Hall–Kier alpha value is -1.77. The van der Waals surface area contributed by atoms with Crippen molar-refractivity contribution in [3.63, 3.8) is 0 Å². The highest BCUT2D eigenvalue weighted by atomic mass is 19.4. The smallest absolute Gasteiger partial charge is 0.361 e. The Kier molecular flexibility index (Phi) is 6.69. The first kappa shape index (κ1) is 19.6. The van der Waals surface area contributed by atoms with Crippen LogP contribution in [-0.2, 0) is 6.42 Å². The summed E-state index contributed by atoms with van der Waals surface area (Å²) in [5, 5.41) is 10.3. The molecule has 1 aliphatic rings. The predicted molar refractivity (Wildman–Crippen MR) is 89.7 cm³/mol. The summed E-state index contributed by atoms with van der Waals surface area (Å²) in [7, 11) is 0. The molecule has 1 aliphatic heterocycles. The van der Waals surface area contributed by atoms with E-state index in [0.29, 0.717) is 45.0 Å². The van der Waals surface area contributed by atoms with Crippen molar-refractivity contribution in [1.29, 1.82) is 0 Å². The van der Waals surface area contributed by atoms with Crippen LogP contribution in [0.3, 0.4) is 0 Å². The van der Waals surface area contributed by atoms with Crippen LogP contribution in [0.2, 0.25) is 0 Å². The maximum Gasteiger partial charge on any atom is 0.401 e. The minimum atomic E-state index is -4.15. The Morgan fingerprint density at radius 2 is 2.16 bits per heavy atom. The third-order valence-corrected chi connectivity index (χ3v) is 4.17. The second-order valence-electron chi connectivity index (χ2n) is 6.29. The Bertz CT molecular complexity index is 565. The number of aromatic nitrogens is 1. The van der Waals surface area contributed by atoms with E-state index < -0.39 is 12.7 Å². The number of hydrogen-bond acceptors (Lipinski definition) is 4. The lowest BCUT2D eigenvalue weighted by molar-refractivity contribution is -0.143. The zero-order valence-electron chi connectivity index (χ0n) is 14.9. The minimum absolute atomic E-state index is 0.0285. The first-order valence-corrected chi connectivity index (χ1v) is 8.54. The SMILES string of the molecule is CCNC(=NCCc1c(C)noc1C)NC1CCN(CC(F)(F)F)C1. The van der Waals surface area contributed by atoms with E-state index in [0.717, 1.165) is 17.0 Å². The summed E-state index contributed by atoms with van der Waals surface area (Å²) in [6, 6.07) is -0.0285. The number of hydrogen-bond donors (Lipinski definition) is 2. The average Bonchev–Trinajstić information content (AvgIpc) is 3.06. The largest absolute Gasteiger partial charge is 0.401 e. The van der Waals surface area contributed by atoms with E-state index in [1.807, 2.05) is 20.8 Å². The third-order valence-electron chi connectivity index (χ3n) is 4.17. The van der Waals surface area contributed by atoms with Crippen LogP contribution in [0.15, 0.2) is 9.52 Å². The van der Waals surface area contributed by atoms with Gasteiger partial charge in [0.05, 0.1) is 12.2 Å². The number of nitrogens with one attached hydrogen (secondary N) is 2. The van der Waals surface area contributed by atoms with Gasteiger partial charge in [0.25, 0.3) is 0 Å². The van der Waals surface area contributed by atoms with Gasteiger partial charge in [0, 0.05) is 37.8 Å². The van der Waals surface area contributed by atoms with E-state index in [1.54, 1.807) is 0 Å². The molecule has 0 aromatic carbocycles. The Balaban J connectivity index is 1.86. The van der Waals surface area contributed by atoms with Crippen LogP contribution in [0.1, 0.15) is 30.4 Å². The fourth-order valence-corrected chi connectivity index (χ4v) is 3.00. The molecule has 142 valence electrons. The van der Waals surface area contributed by atoms with Crippen LogP contribution in [0, 0.1) is 13.8 Å². The number of nitrogens with zero attached hydrogens (tertiary/aromatic N) is 3. The minimum Gasteiger partial charge on any atom is -0.361 e. The molecule has 1 fully saturated rings. The zero-order valence-corrected chi connectivity index (χ0v) is 14.9. The molecule has 1 saturated heterocycles. The monoisotopic (exact) mass is 361 g/mol. The quantitative estimate of drug-likeness (QED) is 0.600. The summed E-state index contributed by atoms with van der Waals surface area (Å²) in [6.07, 6.45) is -2.77. The van der Waals surface area contributed by atoms with Crippen molar-refractivity contribution in [3.05, 3.63) is 17.0 Å². The molecule has 0 amide bonds. The number of rotatable bonds is 6. The normalized spacial score (nSPS) is 19.4. The van der Waals surface area contributed by atoms with Crippen molar-refractivity contribution in [2.75, 3.05) is 32.7 Å². The standard InChI is InChI=1S/C16H26F3N5O/c1-4-20-15(21-7-5-14-11(2)23-25-12(14)3)22-13-6-8-24(9-13)10-16(17,18)19/h13H,4-10H2,1-3H3,(H2,20,21,22). The van der Waals surface area contributed by atoms with Crippen LogP contribution in [0.4, 0.5) is 13.2 Å². The van der Waals surface area contributed by atoms with Crippen molar-refractivity contribution >= 4 is 5.96 Å². The van der Waals surface area contributed by atoms with Gasteiger partial charge < -0.3 is 15.2 Å². The van der Waals surface area contributed by atoms with Gasteiger partial charge in [0.15, 0.2) is 5.96 Å². The lowest BCUT2D eigenvalue weighted by atomic mass is 10.1. The van der Waals surface area contributed by atoms with Gasteiger partial charge in [0.1, 0.15) is 5.76 Å². The summed E-state index contributed by atoms with van der Waals surface area (Å²) in [5.41, 5.74) is 1.92. The van der Waals surface area contributed by atoms with Gasteiger partial charge in [-0.25, -0.2) is 0 Å². The molecule has 25 heavy (non-hydrogen) atoms. The average molecular weight is 361 g/mol. The van der Waals surface area contributed by atoms with Crippen LogP contribution in [0.25, 0.3) is 0 Å². The number of halogens is 3. The van der Waals surface area contributed by atoms with E-state index in [2.05, 4.69) is 20.8 Å². The fourth-order valence-electron chi connectivity index (χ4n) is 3.00. The number of aliphatic imine (C=N–C) groups is 1. The highest BCUT2D eigenvalue weighted by molar-refractivity contribution is 5.80. The van der Waals surface area contributed by atoms with E-state index >= 15 is 0 Å². The van der Waals surface area contributed by atoms with Gasteiger partial charge in [0.2, 0.25) is 0 Å². The molecule has 2 heterocycles. The Labute approximate surface area is 145 Å². The maximum atomic E-state index is 12.5. The molecule has 1 aromatic rings. The molecule has 0 saturated carbocycles. The van der Waals surface area contributed by atoms with E-state index in [9.17, 15) is 13.2 Å². The molecule has 9 heteroatoms. The summed E-state index contributed by atoms with van der Waals surface area (Å²) >= 11 is 0. The molecule has 0 bridgehead atoms. The van der Waals surface area contributed by atoms with Gasteiger partial charge in [-0.3, -0.25) is 9.89 Å². The fraction of sp³-hybridized carbons (Fsp3) is 0.750. The molecular formula is C16H26F3N5O. The third kappa shape index (κ3) is 6.22. The van der Waals surface area contributed by atoms with Crippen molar-refractivity contribution in [1.82, 2.24) is 20.7 Å². The number of guanidine groups is 1. The van der Waals surface area contributed by atoms with Gasteiger partial charge in [-0.05, 0) is 33.6 Å². The molecule has 0 aliphatic carbocycles. The molecule has 6 nitrogen and oxygen atoms in total. The number of alkyl halides is 3. The van der Waals surface area contributed by atoms with Crippen LogP contribution < -0.4 is 10.6 Å². The predicted octanol–water partition coefficient (Wildman–Crippen LogP) is 2.03. The topological polar surface area (TPSA) is 65.7 Å². The molecule has 1 unspecified atom stereocenters. The van der Waals surface area contributed by atoms with Crippen molar-refractivity contribution in [2.45, 2.75) is 45.8 Å². The Morgan fingerprint density at radius 1 is 1.40 bits per heavy atom. The molecular weight excluding hydrogens is 335 g/mol. The highest BCUT2D eigenvalue weighted by Crippen LogP contribution is 2.20. The molecule has 0 spiro atoms. The van der Waals surface area contributed by atoms with Gasteiger partial charge in [-0.15, -0.1) is 0 Å². The van der Waals surface area contributed by atoms with Crippen molar-refractivity contribution < 1.29 is 17.7 Å². The Morgan fingerprint density at radius 3 is 2.76 bits per heavy atom. The molecule has 2 rings (SSSR count). The van der Waals surface area contributed by atoms with Gasteiger partial charge >= 0.3 is 6.18 Å². The van der Waals surface area contributed by atoms with E-state index in [1.165, 1.54) is 4.90 Å². The second-order valence-corrected chi connectivity index (χ2v) is 6.29. The molecule has 1 atom stereocenters. The van der Waals surface area contributed by atoms with E-state index in [4.69, 9.17) is 4.52 Å². The first-order valence-electron chi connectivity index (χ1n) is 8.54. The first-order chi connectivity index (χ1) is 11.8. The van der Waals surface area contributed by atoms with Crippen LogP contribution in [0.5, 0.6) is 0 Å². The van der Waals surface area contributed by atoms with Crippen molar-refractivity contribution in [3.8, 4) is 0 Å². The highest BCUT2D eigenvalue weighted by Gasteiger charge is 2.34. The van der Waals surface area contributed by atoms with Gasteiger partial charge in [-0.2, -0.15) is 13.2 Å². The number of aryl methyl sites for hydroxylation is 2. The summed E-state index contributed by atoms with van der Waals surface area (Å²) in [4.78, 5) is 5.94. The van der Waals surface area contributed by atoms with Gasteiger partial charge in [-0.1, -0.05) is 5.16 Å². The van der Waals surface area contributed by atoms with Crippen LogP contribution in [-0.4, -0.2) is 61.0 Å². The maximum absolute atomic E-state index is 12.5. The summed E-state index contributed by atoms with van der Waals surface area (Å²) < 4.78 is 42.6. The summed E-state index contributed by atoms with van der Waals surface area (Å²) in [6.45, 7) is 6.92. The lowest BCUT2D eigenvalue weighted by Gasteiger charge is -2.19. The molecule has 1 aromatic heterocycles.